The first kappa shape index (κ1) is 39.4. The van der Waals surface area contributed by atoms with E-state index in [1.165, 1.54) is 14.2 Å². The standard InChI is InChI=1S/C34H53N5O9/c1-42-33(40)30-10-6-8-28(36-30)26-38-13-4-3-5-17-44-20-15-39(16-21-47-23-22-46-19-14-38)32(27-48-25-24-45-18-12-35)29-9-7-11-31(37-29)34(41)43-2/h6-11,32H,3-5,12-27,35H2,1-2H3. The number of methoxy groups -OCH3 is 2. The van der Waals surface area contributed by atoms with Crippen LogP contribution in [0, 0.1) is 0 Å². The molecule has 1 aliphatic rings. The Morgan fingerprint density at radius 2 is 1.40 bits per heavy atom. The number of aromatic nitrogens is 2. The Labute approximate surface area is 284 Å². The fraction of sp³-hybridized carbons (Fsp3) is 0.647. The van der Waals surface area contributed by atoms with Crippen LogP contribution in [0.2, 0.25) is 0 Å². The lowest BCUT2D eigenvalue weighted by Gasteiger charge is -2.31. The molecule has 2 N–H and O–H groups in total. The summed E-state index contributed by atoms with van der Waals surface area (Å²) in [5, 5.41) is 0. The molecule has 48 heavy (non-hydrogen) atoms. The predicted octanol–water partition coefficient (Wildman–Crippen LogP) is 2.12. The molecule has 14 nitrogen and oxygen atoms in total. The molecule has 0 aliphatic carbocycles. The van der Waals surface area contributed by atoms with E-state index in [9.17, 15) is 9.59 Å². The average molecular weight is 676 g/mol. The van der Waals surface area contributed by atoms with Crippen LogP contribution in [0.4, 0.5) is 0 Å². The van der Waals surface area contributed by atoms with Gasteiger partial charge < -0.3 is 38.9 Å². The Morgan fingerprint density at radius 1 is 0.750 bits per heavy atom. The molecule has 3 heterocycles. The summed E-state index contributed by atoms with van der Waals surface area (Å²) >= 11 is 0. The Balaban J connectivity index is 1.60. The quantitative estimate of drug-likeness (QED) is 0.243. The van der Waals surface area contributed by atoms with Crippen molar-refractivity contribution in [3.63, 3.8) is 0 Å². The topological polar surface area (TPSA) is 157 Å². The van der Waals surface area contributed by atoms with E-state index in [0.29, 0.717) is 104 Å². The zero-order valence-corrected chi connectivity index (χ0v) is 28.5. The number of carbonyl (C=O) groups excluding carboxylic acids is 2. The zero-order valence-electron chi connectivity index (χ0n) is 28.5. The molecule has 2 aromatic rings. The molecule has 1 aliphatic heterocycles. The van der Waals surface area contributed by atoms with Gasteiger partial charge in [0.25, 0.3) is 0 Å². The fourth-order valence-corrected chi connectivity index (χ4v) is 5.14. The largest absolute Gasteiger partial charge is 0.464 e. The number of nitrogens with zero attached hydrogens (tertiary/aromatic N) is 4. The highest BCUT2D eigenvalue weighted by molar-refractivity contribution is 5.87. The molecule has 0 aromatic carbocycles. The molecule has 0 saturated carbocycles. The van der Waals surface area contributed by atoms with Crippen molar-refractivity contribution in [3.05, 3.63) is 59.2 Å². The van der Waals surface area contributed by atoms with E-state index >= 15 is 0 Å². The molecule has 1 fully saturated rings. The van der Waals surface area contributed by atoms with Crippen LogP contribution in [0.15, 0.2) is 36.4 Å². The van der Waals surface area contributed by atoms with Crippen LogP contribution in [0.5, 0.6) is 0 Å². The van der Waals surface area contributed by atoms with Crippen molar-refractivity contribution in [2.45, 2.75) is 31.8 Å². The lowest BCUT2D eigenvalue weighted by molar-refractivity contribution is -0.00792. The highest BCUT2D eigenvalue weighted by Gasteiger charge is 2.24. The predicted molar refractivity (Wildman–Crippen MR) is 178 cm³/mol. The van der Waals surface area contributed by atoms with Crippen LogP contribution in [-0.2, 0) is 39.7 Å². The van der Waals surface area contributed by atoms with Gasteiger partial charge in [-0.2, -0.15) is 0 Å². The van der Waals surface area contributed by atoms with Gasteiger partial charge in [-0.1, -0.05) is 12.1 Å². The molecule has 1 atom stereocenters. The van der Waals surface area contributed by atoms with Gasteiger partial charge in [0.15, 0.2) is 0 Å². The van der Waals surface area contributed by atoms with E-state index in [0.717, 1.165) is 38.0 Å². The maximum atomic E-state index is 12.3. The van der Waals surface area contributed by atoms with Crippen LogP contribution in [0.3, 0.4) is 0 Å². The van der Waals surface area contributed by atoms with Crippen molar-refractivity contribution >= 4 is 11.9 Å². The van der Waals surface area contributed by atoms with E-state index in [-0.39, 0.29) is 11.7 Å². The highest BCUT2D eigenvalue weighted by atomic mass is 16.5. The monoisotopic (exact) mass is 675 g/mol. The second-order valence-electron chi connectivity index (χ2n) is 11.1. The molecule has 14 heteroatoms. The smallest absolute Gasteiger partial charge is 0.356 e. The second-order valence-corrected chi connectivity index (χ2v) is 11.1. The number of ether oxygens (including phenoxy) is 7. The lowest BCUT2D eigenvalue weighted by Crippen LogP contribution is -2.38. The van der Waals surface area contributed by atoms with Gasteiger partial charge in [0.05, 0.1) is 91.1 Å². The van der Waals surface area contributed by atoms with Crippen molar-refractivity contribution in [1.82, 2.24) is 19.8 Å². The minimum Gasteiger partial charge on any atom is -0.464 e. The first-order chi connectivity index (χ1) is 23.5. The van der Waals surface area contributed by atoms with Gasteiger partial charge in [0.1, 0.15) is 11.4 Å². The van der Waals surface area contributed by atoms with Crippen molar-refractivity contribution in [3.8, 4) is 0 Å². The summed E-state index contributed by atoms with van der Waals surface area (Å²) in [6.07, 6.45) is 2.94. The number of rotatable bonds is 13. The first-order valence-electron chi connectivity index (χ1n) is 16.7. The molecular formula is C34H53N5O9. The third kappa shape index (κ3) is 15.0. The Bertz CT molecular complexity index is 1170. The van der Waals surface area contributed by atoms with Crippen molar-refractivity contribution in [2.24, 2.45) is 5.73 Å². The molecule has 2 aromatic heterocycles. The van der Waals surface area contributed by atoms with Gasteiger partial charge in [-0.3, -0.25) is 9.80 Å². The molecule has 268 valence electrons. The minimum absolute atomic E-state index is 0.238. The highest BCUT2D eigenvalue weighted by Crippen LogP contribution is 2.21. The second kappa shape index (κ2) is 24.1. The summed E-state index contributed by atoms with van der Waals surface area (Å²) in [6, 6.07) is 10.5. The van der Waals surface area contributed by atoms with E-state index < -0.39 is 11.9 Å². The Hall–Kier alpha value is -3.08. The lowest BCUT2D eigenvalue weighted by atomic mass is 10.1. The van der Waals surface area contributed by atoms with E-state index in [1.807, 2.05) is 18.2 Å². The zero-order chi connectivity index (χ0) is 34.2. The molecule has 0 spiro atoms. The number of hydrogen-bond donors (Lipinski definition) is 1. The third-order valence-electron chi connectivity index (χ3n) is 7.68. The summed E-state index contributed by atoms with van der Waals surface area (Å²) in [5.41, 5.74) is 7.57. The van der Waals surface area contributed by atoms with Crippen molar-refractivity contribution in [2.75, 3.05) is 113 Å². The van der Waals surface area contributed by atoms with E-state index in [2.05, 4.69) is 19.8 Å². The molecule has 0 radical (unpaired) electrons. The van der Waals surface area contributed by atoms with Gasteiger partial charge in [-0.05, 0) is 50.1 Å². The maximum Gasteiger partial charge on any atom is 0.356 e. The van der Waals surface area contributed by atoms with Crippen LogP contribution in [0.1, 0.15) is 57.7 Å². The number of esters is 2. The van der Waals surface area contributed by atoms with E-state index in [1.54, 1.807) is 18.2 Å². The number of nitrogens with two attached hydrogens (primary N) is 1. The Kier molecular flexibility index (Phi) is 19.8. The van der Waals surface area contributed by atoms with Crippen LogP contribution in [-0.4, -0.2) is 145 Å². The third-order valence-corrected chi connectivity index (χ3v) is 7.68. The molecule has 0 bridgehead atoms. The Morgan fingerprint density at radius 3 is 2.10 bits per heavy atom. The van der Waals surface area contributed by atoms with Crippen molar-refractivity contribution in [1.29, 1.82) is 0 Å². The average Bonchev–Trinajstić information content (AvgIpc) is 3.11. The van der Waals surface area contributed by atoms with Gasteiger partial charge in [-0.15, -0.1) is 0 Å². The molecule has 1 unspecified atom stereocenters. The minimum atomic E-state index is -0.495. The van der Waals surface area contributed by atoms with Gasteiger partial charge >= 0.3 is 11.9 Å². The molecule has 3 rings (SSSR count). The first-order valence-corrected chi connectivity index (χ1v) is 16.7. The van der Waals surface area contributed by atoms with Crippen LogP contribution >= 0.6 is 0 Å². The van der Waals surface area contributed by atoms with Crippen LogP contribution in [0.25, 0.3) is 0 Å². The normalized spacial score (nSPS) is 17.6. The summed E-state index contributed by atoms with van der Waals surface area (Å²) < 4.78 is 39.2. The maximum absolute atomic E-state index is 12.3. The van der Waals surface area contributed by atoms with Crippen LogP contribution < -0.4 is 5.73 Å². The van der Waals surface area contributed by atoms with Gasteiger partial charge in [0, 0.05) is 39.3 Å². The summed E-state index contributed by atoms with van der Waals surface area (Å²) in [7, 11) is 2.70. The number of carbonyl (C=O) groups is 2. The molecule has 0 amide bonds. The molecular weight excluding hydrogens is 622 g/mol. The van der Waals surface area contributed by atoms with E-state index in [4.69, 9.17) is 38.9 Å². The fourth-order valence-electron chi connectivity index (χ4n) is 5.14. The number of pyridine rings is 2. The summed E-state index contributed by atoms with van der Waals surface area (Å²) in [4.78, 5) is 37.8. The van der Waals surface area contributed by atoms with Gasteiger partial charge in [0.2, 0.25) is 0 Å². The summed E-state index contributed by atoms with van der Waals surface area (Å²) in [6.45, 7) is 8.61. The van der Waals surface area contributed by atoms with Crippen molar-refractivity contribution < 1.29 is 42.7 Å². The SMILES string of the molecule is COC(=O)c1cccc(CN2CCCCCOCCN(C(COCCOCCN)c3cccc(C(=O)OC)n3)CCOCCOCC2)n1. The summed E-state index contributed by atoms with van der Waals surface area (Å²) in [5.74, 6) is -0.939. The van der Waals surface area contributed by atoms with Gasteiger partial charge in [-0.25, -0.2) is 19.6 Å². The molecule has 1 saturated heterocycles. The number of hydrogen-bond acceptors (Lipinski definition) is 14.